The second-order valence-corrected chi connectivity index (χ2v) is 4.04. The average Bonchev–Trinajstić information content (AvgIpc) is 2.29. The molecule has 2 unspecified atom stereocenters. The van der Waals surface area contributed by atoms with Gasteiger partial charge < -0.3 is 20.5 Å². The molecule has 1 saturated heterocycles. The van der Waals surface area contributed by atoms with Crippen LogP contribution >= 0.6 is 0 Å². The third kappa shape index (κ3) is 5.74. The molecule has 0 aromatic heterocycles. The minimum absolute atomic E-state index is 0.0284. The number of nitrogens with two attached hydrogens (primary N) is 1. The van der Waals surface area contributed by atoms with Crippen LogP contribution in [0.4, 0.5) is 0 Å². The van der Waals surface area contributed by atoms with Gasteiger partial charge in [-0.15, -0.1) is 0 Å². The fourth-order valence-electron chi connectivity index (χ4n) is 1.41. The van der Waals surface area contributed by atoms with Gasteiger partial charge in [0.05, 0.1) is 6.10 Å². The lowest BCUT2D eigenvalue weighted by atomic mass is 10.0. The van der Waals surface area contributed by atoms with Crippen molar-refractivity contribution in [3.63, 3.8) is 0 Å². The molecule has 1 aliphatic heterocycles. The number of aliphatic carboxylic acids is 1. The molecule has 1 amide bonds. The molecule has 1 rings (SSSR count). The average molecular weight is 260 g/mol. The van der Waals surface area contributed by atoms with Crippen LogP contribution in [0.25, 0.3) is 0 Å². The Hall–Kier alpha value is -1.47. The Morgan fingerprint density at radius 1 is 1.61 bits per heavy atom. The van der Waals surface area contributed by atoms with Crippen LogP contribution in [0.5, 0.6) is 0 Å². The fraction of sp³-hybridized carbons (Fsp3) is 0.727. The van der Waals surface area contributed by atoms with E-state index in [0.29, 0.717) is 19.5 Å². The van der Waals surface area contributed by atoms with Crippen molar-refractivity contribution in [2.45, 2.75) is 32.4 Å². The Morgan fingerprint density at radius 3 is 2.56 bits per heavy atom. The van der Waals surface area contributed by atoms with Crippen molar-refractivity contribution < 1.29 is 24.2 Å². The van der Waals surface area contributed by atoms with Crippen molar-refractivity contribution in [2.75, 3.05) is 20.2 Å². The number of piperidine rings is 1. The second kappa shape index (κ2) is 7.78. The van der Waals surface area contributed by atoms with E-state index in [0.717, 1.165) is 6.92 Å². The Bertz CT molecular complexity index is 315. The Balaban J connectivity index is 0.000000631. The van der Waals surface area contributed by atoms with Crippen LogP contribution in [0.15, 0.2) is 0 Å². The molecule has 7 nitrogen and oxygen atoms in total. The van der Waals surface area contributed by atoms with Gasteiger partial charge in [-0.1, -0.05) is 0 Å². The first kappa shape index (κ1) is 16.5. The second-order valence-electron chi connectivity index (χ2n) is 4.04. The first-order valence-electron chi connectivity index (χ1n) is 5.59. The molecule has 104 valence electrons. The number of likely N-dealkylation sites (tertiary alicyclic amines) is 1. The van der Waals surface area contributed by atoms with Crippen molar-refractivity contribution in [3.05, 3.63) is 0 Å². The van der Waals surface area contributed by atoms with Crippen LogP contribution in [0, 0.1) is 0 Å². The third-order valence-corrected chi connectivity index (χ3v) is 2.43. The summed E-state index contributed by atoms with van der Waals surface area (Å²) < 4.78 is 5.04. The third-order valence-electron chi connectivity index (χ3n) is 2.43. The summed E-state index contributed by atoms with van der Waals surface area (Å²) in [5, 5.41) is 7.42. The Morgan fingerprint density at radius 2 is 2.11 bits per heavy atom. The summed E-state index contributed by atoms with van der Waals surface area (Å²) >= 11 is 0. The van der Waals surface area contributed by atoms with Crippen molar-refractivity contribution in [1.29, 1.82) is 0 Å². The highest BCUT2D eigenvalue weighted by atomic mass is 16.5. The number of hydrogen-bond acceptors (Lipinski definition) is 5. The number of carbonyl (C=O) groups excluding carboxylic acids is 2. The van der Waals surface area contributed by atoms with Gasteiger partial charge in [0.25, 0.3) is 5.97 Å². The van der Waals surface area contributed by atoms with Gasteiger partial charge in [0.1, 0.15) is 6.04 Å². The van der Waals surface area contributed by atoms with Crippen LogP contribution < -0.4 is 5.73 Å². The van der Waals surface area contributed by atoms with Gasteiger partial charge in [-0.2, -0.15) is 0 Å². The number of nitrogens with zero attached hydrogens (tertiary/aromatic N) is 1. The van der Waals surface area contributed by atoms with E-state index >= 15 is 0 Å². The molecule has 0 aromatic carbocycles. The predicted octanol–water partition coefficient (Wildman–Crippen LogP) is -0.759. The van der Waals surface area contributed by atoms with E-state index in [2.05, 4.69) is 0 Å². The van der Waals surface area contributed by atoms with E-state index in [1.165, 1.54) is 0 Å². The lowest BCUT2D eigenvalue weighted by molar-refractivity contribution is -0.143. The summed E-state index contributed by atoms with van der Waals surface area (Å²) in [5.74, 6) is -1.29. The zero-order valence-electron chi connectivity index (χ0n) is 10.9. The summed E-state index contributed by atoms with van der Waals surface area (Å²) in [5.41, 5.74) is 5.45. The van der Waals surface area contributed by atoms with Gasteiger partial charge in [-0.05, 0) is 6.92 Å². The van der Waals surface area contributed by atoms with Crippen LogP contribution in [0.2, 0.25) is 0 Å². The van der Waals surface area contributed by atoms with Gasteiger partial charge in [0.2, 0.25) is 5.91 Å². The van der Waals surface area contributed by atoms with Crippen molar-refractivity contribution >= 4 is 17.7 Å². The summed E-state index contributed by atoms with van der Waals surface area (Å²) in [4.78, 5) is 33.2. The maximum absolute atomic E-state index is 11.5. The van der Waals surface area contributed by atoms with Gasteiger partial charge >= 0.3 is 0 Å². The standard InChI is InChI=1S/C9H16N2O3.C2H4O2/c1-6(14-2)5-11-4-3-7(12)8(10)9(11)13;1-2(3)4/h6,8H,3-5,10H2,1-2H3;1H3,(H,3,4). The highest BCUT2D eigenvalue weighted by Crippen LogP contribution is 2.08. The lowest BCUT2D eigenvalue weighted by Gasteiger charge is -2.31. The molecule has 0 spiro atoms. The molecule has 1 heterocycles. The molecule has 0 saturated carbocycles. The van der Waals surface area contributed by atoms with E-state index in [9.17, 15) is 9.59 Å². The van der Waals surface area contributed by atoms with E-state index in [1.807, 2.05) is 6.92 Å². The number of amides is 1. The number of Topliss-reactive ketones (excluding diaryl/α,β-unsaturated/α-hetero) is 1. The van der Waals surface area contributed by atoms with Crippen LogP contribution in [0.1, 0.15) is 20.3 Å². The molecule has 1 aliphatic rings. The first-order valence-corrected chi connectivity index (χ1v) is 5.59. The monoisotopic (exact) mass is 260 g/mol. The molecule has 0 radical (unpaired) electrons. The molecule has 3 N–H and O–H groups in total. The number of rotatable bonds is 3. The largest absolute Gasteiger partial charge is 0.481 e. The molecule has 18 heavy (non-hydrogen) atoms. The molecule has 7 heteroatoms. The first-order chi connectivity index (χ1) is 8.29. The predicted molar refractivity (Wildman–Crippen MR) is 64.0 cm³/mol. The maximum atomic E-state index is 11.5. The highest BCUT2D eigenvalue weighted by Gasteiger charge is 2.32. The number of methoxy groups -OCH3 is 1. The van der Waals surface area contributed by atoms with Crippen LogP contribution in [0.3, 0.4) is 0 Å². The van der Waals surface area contributed by atoms with E-state index in [4.69, 9.17) is 20.4 Å². The normalized spacial score (nSPS) is 21.1. The molecule has 0 bridgehead atoms. The number of hydrogen-bond donors (Lipinski definition) is 2. The van der Waals surface area contributed by atoms with E-state index in [-0.39, 0.29) is 17.8 Å². The molecule has 0 aromatic rings. The highest BCUT2D eigenvalue weighted by molar-refractivity contribution is 6.07. The summed E-state index contributed by atoms with van der Waals surface area (Å²) in [7, 11) is 1.59. The van der Waals surface area contributed by atoms with Crippen molar-refractivity contribution in [2.24, 2.45) is 5.73 Å². The number of carbonyl (C=O) groups is 3. The number of carboxylic acids is 1. The minimum atomic E-state index is -0.965. The Labute approximate surface area is 106 Å². The van der Waals surface area contributed by atoms with Crippen LogP contribution in [-0.4, -0.2) is 60.0 Å². The zero-order chi connectivity index (χ0) is 14.3. The molecular weight excluding hydrogens is 240 g/mol. The molecule has 1 fully saturated rings. The van der Waals surface area contributed by atoms with Crippen molar-refractivity contribution in [1.82, 2.24) is 4.90 Å². The zero-order valence-corrected chi connectivity index (χ0v) is 10.9. The van der Waals surface area contributed by atoms with Crippen LogP contribution in [-0.2, 0) is 19.1 Å². The molecule has 0 aliphatic carbocycles. The smallest absolute Gasteiger partial charge is 0.300 e. The number of ketones is 1. The Kier molecular flexibility index (Phi) is 7.14. The topological polar surface area (TPSA) is 110 Å². The van der Waals surface area contributed by atoms with Gasteiger partial charge in [-0.25, -0.2) is 0 Å². The lowest BCUT2D eigenvalue weighted by Crippen LogP contribution is -2.55. The quantitative estimate of drug-likeness (QED) is 0.645. The maximum Gasteiger partial charge on any atom is 0.300 e. The van der Waals surface area contributed by atoms with E-state index in [1.54, 1.807) is 12.0 Å². The van der Waals surface area contributed by atoms with Crippen molar-refractivity contribution in [3.8, 4) is 0 Å². The van der Waals surface area contributed by atoms with Gasteiger partial charge in [0.15, 0.2) is 5.78 Å². The summed E-state index contributed by atoms with van der Waals surface area (Å²) in [6.07, 6.45) is 0.322. The SMILES string of the molecule is CC(=O)O.COC(C)CN1CCC(=O)C(N)C1=O. The minimum Gasteiger partial charge on any atom is -0.481 e. The molecular formula is C11H20N2O5. The summed E-state index contributed by atoms with van der Waals surface area (Å²) in [6, 6.07) is -0.965. The fourth-order valence-corrected chi connectivity index (χ4v) is 1.41. The molecule has 2 atom stereocenters. The number of carboxylic acid groups (broad SMARTS) is 1. The van der Waals surface area contributed by atoms with Gasteiger partial charge in [-0.3, -0.25) is 14.4 Å². The number of ether oxygens (including phenoxy) is 1. The summed E-state index contributed by atoms with van der Waals surface area (Å²) in [6.45, 7) is 3.91. The van der Waals surface area contributed by atoms with E-state index < -0.39 is 12.0 Å². The van der Waals surface area contributed by atoms with Gasteiger partial charge in [0, 0.05) is 33.5 Å².